The smallest absolute Gasteiger partial charge is 0.143 e. The summed E-state index contributed by atoms with van der Waals surface area (Å²) in [5.74, 6) is 1.99. The first kappa shape index (κ1) is 37.4. The Morgan fingerprint density at radius 3 is 1.97 bits per heavy atom. The number of ether oxygens (including phenoxy) is 1. The zero-order valence-electron chi connectivity index (χ0n) is 36.4. The normalized spacial score (nSPS) is 15.9. The molecule has 0 N–H and O–H groups in total. The highest BCUT2D eigenvalue weighted by Crippen LogP contribution is 2.56. The van der Waals surface area contributed by atoms with Gasteiger partial charge in [0, 0.05) is 43.8 Å². The second-order valence-electron chi connectivity index (χ2n) is 18.3. The summed E-state index contributed by atoms with van der Waals surface area (Å²) in [6, 6.07) is 55.3. The van der Waals surface area contributed by atoms with Gasteiger partial charge in [-0.25, -0.2) is 0 Å². The number of benzene rings is 8. The number of rotatable bonds is 5. The number of hydrogen-bond acceptors (Lipinski definition) is 3. The van der Waals surface area contributed by atoms with Gasteiger partial charge in [-0.1, -0.05) is 131 Å². The Hall–Kier alpha value is -7.36. The van der Waals surface area contributed by atoms with Crippen LogP contribution in [-0.2, 0) is 5.41 Å². The molecule has 0 bridgehead atoms. The van der Waals surface area contributed by atoms with Crippen molar-refractivity contribution in [2.75, 3.05) is 0 Å². The lowest BCUT2D eigenvalue weighted by Crippen LogP contribution is -2.26. The van der Waals surface area contributed by atoms with Gasteiger partial charge in [0.2, 0.25) is 0 Å². The number of furan rings is 2. The zero-order chi connectivity index (χ0) is 42.7. The highest BCUT2D eigenvalue weighted by atomic mass is 16.5. The second-order valence-corrected chi connectivity index (χ2v) is 18.3. The van der Waals surface area contributed by atoms with E-state index in [0.29, 0.717) is 0 Å². The minimum atomic E-state index is -0.316. The van der Waals surface area contributed by atoms with Gasteiger partial charge in [-0.05, 0) is 141 Å². The molecule has 1 unspecified atom stereocenters. The minimum Gasteiger partial charge on any atom is -0.460 e. The first-order chi connectivity index (χ1) is 30.6. The van der Waals surface area contributed by atoms with Crippen LogP contribution < -0.4 is 4.74 Å². The van der Waals surface area contributed by atoms with Crippen LogP contribution in [0.25, 0.3) is 88.4 Å². The first-order valence-electron chi connectivity index (χ1n) is 22.0. The molecule has 10 aromatic rings. The van der Waals surface area contributed by atoms with Gasteiger partial charge in [0.1, 0.15) is 33.8 Å². The Bertz CT molecular complexity index is 3640. The van der Waals surface area contributed by atoms with E-state index in [9.17, 15) is 0 Å². The van der Waals surface area contributed by atoms with Crippen molar-refractivity contribution in [3.8, 4) is 39.1 Å². The Labute approximate surface area is 367 Å². The summed E-state index contributed by atoms with van der Waals surface area (Å²) in [6.07, 6.45) is 3.19. The third-order valence-corrected chi connectivity index (χ3v) is 13.6. The van der Waals surface area contributed by atoms with E-state index in [1.807, 2.05) is 0 Å². The molecule has 0 radical (unpaired) electrons. The van der Waals surface area contributed by atoms with Gasteiger partial charge >= 0.3 is 0 Å². The van der Waals surface area contributed by atoms with Gasteiger partial charge in [-0.2, -0.15) is 0 Å². The highest BCUT2D eigenvalue weighted by Gasteiger charge is 2.46. The molecule has 0 saturated carbocycles. The van der Waals surface area contributed by atoms with Crippen LogP contribution in [0.5, 0.6) is 5.75 Å². The van der Waals surface area contributed by atoms with E-state index in [1.165, 1.54) is 44.5 Å². The fraction of sp³-hybridized carbons (Fsp3) is 0.133. The quantitative estimate of drug-likeness (QED) is 0.174. The summed E-state index contributed by atoms with van der Waals surface area (Å²) >= 11 is 0. The van der Waals surface area contributed by atoms with Gasteiger partial charge in [-0.3, -0.25) is 0 Å². The Morgan fingerprint density at radius 1 is 0.460 bits per heavy atom. The number of fused-ring (bicyclic) bond motifs is 9. The molecule has 0 saturated heterocycles. The average Bonchev–Trinajstić information content (AvgIpc) is 3.95. The average molecular weight is 815 g/mol. The third-order valence-electron chi connectivity index (χ3n) is 13.6. The Kier molecular flexibility index (Phi) is 8.21. The van der Waals surface area contributed by atoms with E-state index in [-0.39, 0.29) is 5.41 Å². The van der Waals surface area contributed by atoms with Gasteiger partial charge < -0.3 is 13.6 Å². The lowest BCUT2D eigenvalue weighted by Gasteiger charge is -2.32. The maximum absolute atomic E-state index is 6.98. The van der Waals surface area contributed by atoms with E-state index >= 15 is 0 Å². The fourth-order valence-electron chi connectivity index (χ4n) is 10.5. The van der Waals surface area contributed by atoms with Crippen LogP contribution in [0.15, 0.2) is 172 Å². The van der Waals surface area contributed by atoms with Crippen molar-refractivity contribution in [2.24, 2.45) is 0 Å². The van der Waals surface area contributed by atoms with E-state index < -0.39 is 0 Å². The SMILES string of the molecule is Cc1cccc(C2=C3Oc4ccc(C)cc4C3(C)CC(c3cccc(-c4ccc(-c5cc(-c6cccc(C)c6)c6oc7c(C)cccc7c6c5)c5c4oc4ccc(C)cc45)c3)=C2)c1. The molecule has 3 nitrogen and oxygen atoms in total. The van der Waals surface area contributed by atoms with Crippen LogP contribution in [0.2, 0.25) is 0 Å². The van der Waals surface area contributed by atoms with Gasteiger partial charge in [0.25, 0.3) is 0 Å². The molecule has 1 aliphatic carbocycles. The lowest BCUT2D eigenvalue weighted by atomic mass is 9.70. The topological polar surface area (TPSA) is 35.5 Å². The number of para-hydroxylation sites is 1. The molecule has 12 rings (SSSR count). The van der Waals surface area contributed by atoms with Crippen LogP contribution in [0.3, 0.4) is 0 Å². The van der Waals surface area contributed by atoms with Gasteiger partial charge in [-0.15, -0.1) is 0 Å². The van der Waals surface area contributed by atoms with Crippen molar-refractivity contribution < 1.29 is 13.6 Å². The van der Waals surface area contributed by atoms with Crippen LogP contribution in [-0.4, -0.2) is 0 Å². The molecule has 0 spiro atoms. The molecule has 63 heavy (non-hydrogen) atoms. The van der Waals surface area contributed by atoms with Crippen molar-refractivity contribution in [1.82, 2.24) is 0 Å². The predicted molar refractivity (Wildman–Crippen MR) is 261 cm³/mol. The molecule has 2 aromatic heterocycles. The Morgan fingerprint density at radius 2 is 1.14 bits per heavy atom. The summed E-state index contributed by atoms with van der Waals surface area (Å²) in [5, 5.41) is 4.46. The maximum atomic E-state index is 6.98. The fourth-order valence-corrected chi connectivity index (χ4v) is 10.5. The van der Waals surface area contributed by atoms with Crippen molar-refractivity contribution >= 4 is 55.0 Å². The summed E-state index contributed by atoms with van der Waals surface area (Å²) in [5.41, 5.74) is 22.0. The second kappa shape index (κ2) is 13.8. The molecular formula is C60H46O3. The number of allylic oxidation sites excluding steroid dienone is 4. The Balaban J connectivity index is 1.05. The van der Waals surface area contributed by atoms with Gasteiger partial charge in [0.05, 0.1) is 5.41 Å². The van der Waals surface area contributed by atoms with Crippen molar-refractivity contribution in [3.05, 3.63) is 208 Å². The lowest BCUT2D eigenvalue weighted by molar-refractivity contribution is 0.383. The number of hydrogen-bond donors (Lipinski definition) is 0. The highest BCUT2D eigenvalue weighted by molar-refractivity contribution is 6.19. The standard InChI is InChI=1S/C60H46O3/c1-34-11-7-15-40(25-34)48-30-43(31-50-47-18-9-13-38(5)56(47)63-57(48)50)45-21-22-46(58-55(45)51-27-36(3)19-23-53(51)61-58)42-17-10-14-39(29-42)44-32-49(41-16-8-12-35(2)26-41)59-60(6,33-44)52-28-37(4)20-24-54(52)62-59/h7-32H,33H2,1-6H3. The monoisotopic (exact) mass is 814 g/mol. The van der Waals surface area contributed by atoms with Crippen LogP contribution in [0, 0.1) is 34.6 Å². The van der Waals surface area contributed by atoms with E-state index in [4.69, 9.17) is 13.6 Å². The molecule has 1 aliphatic heterocycles. The van der Waals surface area contributed by atoms with Crippen LogP contribution >= 0.6 is 0 Å². The summed E-state index contributed by atoms with van der Waals surface area (Å²) in [7, 11) is 0. The summed E-state index contributed by atoms with van der Waals surface area (Å²) in [6.45, 7) is 13.1. The molecule has 304 valence electrons. The first-order valence-corrected chi connectivity index (χ1v) is 22.0. The number of aryl methyl sites for hydroxylation is 5. The van der Waals surface area contributed by atoms with Gasteiger partial charge in [0.15, 0.2) is 0 Å². The summed E-state index contributed by atoms with van der Waals surface area (Å²) in [4.78, 5) is 0. The largest absolute Gasteiger partial charge is 0.460 e. The summed E-state index contributed by atoms with van der Waals surface area (Å²) < 4.78 is 20.5. The maximum Gasteiger partial charge on any atom is 0.143 e. The van der Waals surface area contributed by atoms with E-state index in [0.717, 1.165) is 106 Å². The minimum absolute atomic E-state index is 0.316. The molecule has 3 heterocycles. The molecule has 0 amide bonds. The van der Waals surface area contributed by atoms with E-state index in [2.05, 4.69) is 199 Å². The molecular weight excluding hydrogens is 769 g/mol. The van der Waals surface area contributed by atoms with Crippen molar-refractivity contribution in [2.45, 2.75) is 53.4 Å². The van der Waals surface area contributed by atoms with E-state index in [1.54, 1.807) is 0 Å². The third kappa shape index (κ3) is 5.87. The molecule has 8 aromatic carbocycles. The predicted octanol–water partition coefficient (Wildman–Crippen LogP) is 16.6. The molecule has 1 atom stereocenters. The van der Waals surface area contributed by atoms with Crippen molar-refractivity contribution in [1.29, 1.82) is 0 Å². The van der Waals surface area contributed by atoms with Crippen molar-refractivity contribution in [3.63, 3.8) is 0 Å². The molecule has 0 fully saturated rings. The van der Waals surface area contributed by atoms with Crippen LogP contribution in [0.4, 0.5) is 0 Å². The zero-order valence-corrected chi connectivity index (χ0v) is 36.4. The van der Waals surface area contributed by atoms with Crippen LogP contribution in [0.1, 0.15) is 57.9 Å². The molecule has 3 heteroatoms. The molecule has 2 aliphatic rings.